The molecule has 0 aliphatic heterocycles. The fourth-order valence-corrected chi connectivity index (χ4v) is 4.05. The molecule has 1 heterocycles. The Kier molecular flexibility index (Phi) is 5.62. The van der Waals surface area contributed by atoms with Gasteiger partial charge in [0, 0.05) is 5.75 Å². The van der Waals surface area contributed by atoms with Crippen LogP contribution in [0.1, 0.15) is 11.1 Å². The lowest BCUT2D eigenvalue weighted by molar-refractivity contribution is 0.414. The van der Waals surface area contributed by atoms with Gasteiger partial charge in [0.25, 0.3) is 5.56 Å². The number of thioether (sulfide) groups is 1. The maximum atomic E-state index is 14.0. The van der Waals surface area contributed by atoms with Crippen molar-refractivity contribution in [2.75, 3.05) is 7.11 Å². The molecule has 0 bridgehead atoms. The molecule has 1 aromatic heterocycles. The van der Waals surface area contributed by atoms with Crippen LogP contribution in [-0.4, -0.2) is 16.7 Å². The number of para-hydroxylation sites is 1. The molecule has 0 aliphatic carbocycles. The standard InChI is InChI=1S/C23H19FN2O2S/c1-28-18-12-10-16(11-13-18)14-26-22(27)19-7-3-5-9-21(19)25-23(26)29-15-17-6-2-4-8-20(17)24/h2-13H,14-15H2,1H3. The number of aromatic nitrogens is 2. The van der Waals surface area contributed by atoms with Gasteiger partial charge in [0.1, 0.15) is 11.6 Å². The highest BCUT2D eigenvalue weighted by atomic mass is 32.2. The SMILES string of the molecule is COc1ccc(Cn2c(SCc3ccccc3F)nc3ccccc3c2=O)cc1. The summed E-state index contributed by atoms with van der Waals surface area (Å²) < 4.78 is 20.9. The summed E-state index contributed by atoms with van der Waals surface area (Å²) in [5.74, 6) is 0.886. The van der Waals surface area contributed by atoms with Gasteiger partial charge in [0.05, 0.1) is 24.6 Å². The molecule has 0 radical (unpaired) electrons. The van der Waals surface area contributed by atoms with Crippen molar-refractivity contribution in [2.45, 2.75) is 17.5 Å². The summed E-state index contributed by atoms with van der Waals surface area (Å²) in [4.78, 5) is 17.9. The summed E-state index contributed by atoms with van der Waals surface area (Å²) in [5, 5.41) is 1.13. The maximum Gasteiger partial charge on any atom is 0.262 e. The van der Waals surface area contributed by atoms with E-state index in [1.165, 1.54) is 17.8 Å². The van der Waals surface area contributed by atoms with Crippen LogP contribution in [-0.2, 0) is 12.3 Å². The first-order valence-corrected chi connectivity index (χ1v) is 10.1. The van der Waals surface area contributed by atoms with Gasteiger partial charge in [0.2, 0.25) is 0 Å². The van der Waals surface area contributed by atoms with E-state index < -0.39 is 0 Å². The van der Waals surface area contributed by atoms with Crippen LogP contribution in [0.4, 0.5) is 4.39 Å². The van der Waals surface area contributed by atoms with Gasteiger partial charge < -0.3 is 4.74 Å². The molecule has 0 saturated heterocycles. The third kappa shape index (κ3) is 4.17. The molecule has 0 aliphatic rings. The van der Waals surface area contributed by atoms with E-state index in [0.717, 1.165) is 11.3 Å². The molecule has 4 rings (SSSR count). The van der Waals surface area contributed by atoms with Crippen LogP contribution < -0.4 is 10.3 Å². The number of ether oxygens (including phenoxy) is 1. The quantitative estimate of drug-likeness (QED) is 0.338. The second-order valence-corrected chi connectivity index (χ2v) is 7.47. The zero-order valence-electron chi connectivity index (χ0n) is 15.8. The normalized spacial score (nSPS) is 11.0. The molecule has 146 valence electrons. The van der Waals surface area contributed by atoms with Crippen molar-refractivity contribution in [1.29, 1.82) is 0 Å². The minimum atomic E-state index is -0.259. The Bertz CT molecular complexity index is 1210. The fraction of sp³-hybridized carbons (Fsp3) is 0.130. The predicted octanol–water partition coefficient (Wildman–Crippen LogP) is 4.88. The highest BCUT2D eigenvalue weighted by Gasteiger charge is 2.13. The second-order valence-electron chi connectivity index (χ2n) is 6.53. The molecule has 0 amide bonds. The van der Waals surface area contributed by atoms with Gasteiger partial charge in [0.15, 0.2) is 5.16 Å². The molecule has 3 aromatic carbocycles. The number of nitrogens with zero attached hydrogens (tertiary/aromatic N) is 2. The van der Waals surface area contributed by atoms with Gasteiger partial charge in [-0.25, -0.2) is 9.37 Å². The molecular weight excluding hydrogens is 387 g/mol. The molecule has 0 atom stereocenters. The summed E-state index contributed by atoms with van der Waals surface area (Å²) >= 11 is 1.36. The van der Waals surface area contributed by atoms with Gasteiger partial charge in [-0.05, 0) is 41.5 Å². The third-order valence-electron chi connectivity index (χ3n) is 4.64. The van der Waals surface area contributed by atoms with E-state index in [2.05, 4.69) is 4.98 Å². The molecule has 29 heavy (non-hydrogen) atoms. The van der Waals surface area contributed by atoms with Gasteiger partial charge >= 0.3 is 0 Å². The van der Waals surface area contributed by atoms with Crippen molar-refractivity contribution in [3.63, 3.8) is 0 Å². The Morgan fingerprint density at radius 2 is 1.72 bits per heavy atom. The smallest absolute Gasteiger partial charge is 0.262 e. The summed E-state index contributed by atoms with van der Waals surface area (Å²) in [6.07, 6.45) is 0. The number of rotatable bonds is 6. The van der Waals surface area contributed by atoms with Gasteiger partial charge in [-0.1, -0.05) is 54.2 Å². The van der Waals surface area contributed by atoms with Gasteiger partial charge in [-0.15, -0.1) is 0 Å². The van der Waals surface area contributed by atoms with Crippen LogP contribution in [0.2, 0.25) is 0 Å². The minimum Gasteiger partial charge on any atom is -0.497 e. The zero-order chi connectivity index (χ0) is 20.2. The highest BCUT2D eigenvalue weighted by Crippen LogP contribution is 2.24. The number of halogens is 1. The largest absolute Gasteiger partial charge is 0.497 e. The number of benzene rings is 3. The van der Waals surface area contributed by atoms with Crippen molar-refractivity contribution >= 4 is 22.7 Å². The Morgan fingerprint density at radius 3 is 2.48 bits per heavy atom. The number of hydrogen-bond acceptors (Lipinski definition) is 4. The molecule has 0 fully saturated rings. The van der Waals surface area contributed by atoms with E-state index in [4.69, 9.17) is 4.74 Å². The van der Waals surface area contributed by atoms with Crippen LogP contribution in [0.3, 0.4) is 0 Å². The summed E-state index contributed by atoms with van der Waals surface area (Å²) in [5.41, 5.74) is 2.07. The second kappa shape index (κ2) is 8.49. The fourth-order valence-electron chi connectivity index (χ4n) is 3.07. The predicted molar refractivity (Wildman–Crippen MR) is 114 cm³/mol. The van der Waals surface area contributed by atoms with Crippen molar-refractivity contribution in [3.8, 4) is 5.75 Å². The molecule has 0 N–H and O–H groups in total. The average molecular weight is 406 g/mol. The molecule has 0 unspecified atom stereocenters. The number of methoxy groups -OCH3 is 1. The first-order chi connectivity index (χ1) is 14.2. The highest BCUT2D eigenvalue weighted by molar-refractivity contribution is 7.98. The van der Waals surface area contributed by atoms with E-state index in [-0.39, 0.29) is 11.4 Å². The molecule has 0 saturated carbocycles. The number of fused-ring (bicyclic) bond motifs is 1. The van der Waals surface area contributed by atoms with Crippen LogP contribution in [0.25, 0.3) is 10.9 Å². The lowest BCUT2D eigenvalue weighted by atomic mass is 10.2. The molecular formula is C23H19FN2O2S. The van der Waals surface area contributed by atoms with E-state index in [9.17, 15) is 9.18 Å². The molecule has 6 heteroatoms. The van der Waals surface area contributed by atoms with E-state index in [1.54, 1.807) is 35.9 Å². The monoisotopic (exact) mass is 406 g/mol. The van der Waals surface area contributed by atoms with Crippen molar-refractivity contribution in [2.24, 2.45) is 0 Å². The van der Waals surface area contributed by atoms with Crippen molar-refractivity contribution < 1.29 is 9.13 Å². The summed E-state index contributed by atoms with van der Waals surface area (Å²) in [7, 11) is 1.62. The summed E-state index contributed by atoms with van der Waals surface area (Å²) in [6.45, 7) is 0.375. The Balaban J connectivity index is 1.73. The van der Waals surface area contributed by atoms with E-state index in [1.807, 2.05) is 42.5 Å². The first-order valence-electron chi connectivity index (χ1n) is 9.14. The number of hydrogen-bond donors (Lipinski definition) is 0. The lowest BCUT2D eigenvalue weighted by Gasteiger charge is -2.14. The van der Waals surface area contributed by atoms with Gasteiger partial charge in [-0.2, -0.15) is 0 Å². The van der Waals surface area contributed by atoms with Crippen molar-refractivity contribution in [1.82, 2.24) is 9.55 Å². The topological polar surface area (TPSA) is 44.1 Å². The molecule has 4 aromatic rings. The van der Waals surface area contributed by atoms with Crippen LogP contribution in [0.5, 0.6) is 5.75 Å². The van der Waals surface area contributed by atoms with Crippen LogP contribution >= 0.6 is 11.8 Å². The third-order valence-corrected chi connectivity index (χ3v) is 5.67. The first kappa shape index (κ1) is 19.2. The Morgan fingerprint density at radius 1 is 1.00 bits per heavy atom. The van der Waals surface area contributed by atoms with E-state index >= 15 is 0 Å². The van der Waals surface area contributed by atoms with Gasteiger partial charge in [-0.3, -0.25) is 9.36 Å². The van der Waals surface area contributed by atoms with Crippen molar-refractivity contribution in [3.05, 3.63) is 100 Å². The zero-order valence-corrected chi connectivity index (χ0v) is 16.7. The molecule has 4 nitrogen and oxygen atoms in total. The Labute approximate surface area is 172 Å². The van der Waals surface area contributed by atoms with E-state index in [0.29, 0.717) is 33.9 Å². The Hall–Kier alpha value is -3.12. The minimum absolute atomic E-state index is 0.109. The molecule has 0 spiro atoms. The maximum absolute atomic E-state index is 14.0. The summed E-state index contributed by atoms with van der Waals surface area (Å²) in [6, 6.07) is 21.5. The van der Waals surface area contributed by atoms with Crippen LogP contribution in [0, 0.1) is 5.82 Å². The average Bonchev–Trinajstić information content (AvgIpc) is 2.76. The lowest BCUT2D eigenvalue weighted by Crippen LogP contribution is -2.24. The van der Waals surface area contributed by atoms with Crippen LogP contribution in [0.15, 0.2) is 82.7 Å².